The van der Waals surface area contributed by atoms with Crippen molar-refractivity contribution < 1.29 is 29.0 Å². The van der Waals surface area contributed by atoms with E-state index in [1.54, 1.807) is 67.7 Å². The van der Waals surface area contributed by atoms with Crippen LogP contribution in [-0.2, 0) is 14.4 Å². The molecular formula is C36H38N4O6. The van der Waals surface area contributed by atoms with Gasteiger partial charge in [-0.2, -0.15) is 0 Å². The lowest BCUT2D eigenvalue weighted by atomic mass is 9.97. The molecule has 0 heterocycles. The van der Waals surface area contributed by atoms with Gasteiger partial charge in [0.2, 0.25) is 5.91 Å². The Balaban J connectivity index is 1.62. The van der Waals surface area contributed by atoms with Gasteiger partial charge in [0.15, 0.2) is 12.6 Å². The highest BCUT2D eigenvalue weighted by molar-refractivity contribution is 5.99. The number of amides is 4. The van der Waals surface area contributed by atoms with Crippen LogP contribution >= 0.6 is 0 Å². The van der Waals surface area contributed by atoms with Gasteiger partial charge in [-0.1, -0.05) is 91.9 Å². The number of carbonyl (C=O) groups is 4. The number of carbonyl (C=O) groups excluding carboxylic acids is 3. The van der Waals surface area contributed by atoms with Gasteiger partial charge in [0.25, 0.3) is 5.91 Å². The number of ether oxygens (including phenoxy) is 1. The molecule has 10 heteroatoms. The monoisotopic (exact) mass is 622 g/mol. The van der Waals surface area contributed by atoms with Gasteiger partial charge in [0, 0.05) is 31.0 Å². The third-order valence-electron chi connectivity index (χ3n) is 7.63. The van der Waals surface area contributed by atoms with Crippen LogP contribution in [0.25, 0.3) is 0 Å². The summed E-state index contributed by atoms with van der Waals surface area (Å²) >= 11 is 0. The Labute approximate surface area is 268 Å². The van der Waals surface area contributed by atoms with E-state index in [1.165, 1.54) is 15.9 Å². The quantitative estimate of drug-likeness (QED) is 0.192. The van der Waals surface area contributed by atoms with E-state index in [1.807, 2.05) is 55.5 Å². The molecule has 0 aliphatic carbocycles. The van der Waals surface area contributed by atoms with E-state index in [0.29, 0.717) is 17.7 Å². The van der Waals surface area contributed by atoms with Gasteiger partial charge >= 0.3 is 12.0 Å². The largest absolute Gasteiger partial charge is 0.484 e. The predicted molar refractivity (Wildman–Crippen MR) is 177 cm³/mol. The van der Waals surface area contributed by atoms with Crippen LogP contribution in [0.2, 0.25) is 0 Å². The van der Waals surface area contributed by atoms with Gasteiger partial charge in [-0.3, -0.25) is 14.5 Å². The molecule has 2 atom stereocenters. The summed E-state index contributed by atoms with van der Waals surface area (Å²) in [5.41, 5.74) is 8.01. The van der Waals surface area contributed by atoms with Crippen molar-refractivity contribution in [1.29, 1.82) is 0 Å². The van der Waals surface area contributed by atoms with Crippen molar-refractivity contribution in [2.75, 3.05) is 36.5 Å². The number of carboxylic acids is 1. The molecule has 0 aromatic heterocycles. The number of anilines is 2. The number of primary amides is 1. The van der Waals surface area contributed by atoms with Crippen LogP contribution in [0.4, 0.5) is 16.2 Å². The standard InChI is InChI=1S/C36H38N4O6/c1-26(27-13-6-3-7-14-27)21-22-39(34(35(43)44)28-15-8-4-9-16-28)36(45)40(24-32(37)41)30-19-12-20-31(23-30)46-25-33(42)38(2)29-17-10-5-11-18-29/h3-20,23,26,34H,21-22,24-25H2,1-2H3,(H2,37,41)(H,43,44). The lowest BCUT2D eigenvalue weighted by Gasteiger charge is -2.35. The Morgan fingerprint density at radius 2 is 1.35 bits per heavy atom. The first-order valence-corrected chi connectivity index (χ1v) is 14.9. The van der Waals surface area contributed by atoms with Gasteiger partial charge in [-0.15, -0.1) is 0 Å². The molecule has 46 heavy (non-hydrogen) atoms. The highest BCUT2D eigenvalue weighted by Gasteiger charge is 2.35. The van der Waals surface area contributed by atoms with Crippen molar-refractivity contribution in [3.8, 4) is 5.75 Å². The zero-order valence-corrected chi connectivity index (χ0v) is 25.9. The van der Waals surface area contributed by atoms with Crippen LogP contribution in [0, 0.1) is 0 Å². The van der Waals surface area contributed by atoms with E-state index in [-0.39, 0.29) is 36.4 Å². The maximum atomic E-state index is 14.4. The molecule has 0 spiro atoms. The highest BCUT2D eigenvalue weighted by atomic mass is 16.5. The molecule has 0 saturated heterocycles. The zero-order chi connectivity index (χ0) is 33.1. The fourth-order valence-electron chi connectivity index (χ4n) is 5.07. The Bertz CT molecular complexity index is 1620. The third kappa shape index (κ3) is 8.72. The number of carboxylic acid groups (broad SMARTS) is 1. The maximum absolute atomic E-state index is 14.4. The number of para-hydroxylation sites is 1. The molecule has 0 bridgehead atoms. The number of likely N-dealkylation sites (N-methyl/N-ethyl adjacent to an activating group) is 1. The van der Waals surface area contributed by atoms with E-state index in [2.05, 4.69) is 0 Å². The number of nitrogens with two attached hydrogens (primary N) is 1. The Morgan fingerprint density at radius 3 is 1.93 bits per heavy atom. The smallest absolute Gasteiger partial charge is 0.331 e. The molecule has 0 aliphatic heterocycles. The van der Waals surface area contributed by atoms with Crippen LogP contribution in [-0.4, -0.2) is 60.6 Å². The SMILES string of the molecule is CC(CCN(C(=O)N(CC(N)=O)c1cccc(OCC(=O)N(C)c2ccccc2)c1)C(C(=O)O)c1ccccc1)c1ccccc1. The summed E-state index contributed by atoms with van der Waals surface area (Å²) in [6.45, 7) is 1.29. The average molecular weight is 623 g/mol. The van der Waals surface area contributed by atoms with E-state index in [4.69, 9.17) is 10.5 Å². The molecular weight excluding hydrogens is 584 g/mol. The van der Waals surface area contributed by atoms with E-state index < -0.39 is 30.5 Å². The van der Waals surface area contributed by atoms with Crippen molar-refractivity contribution in [1.82, 2.24) is 4.90 Å². The number of aliphatic carboxylic acids is 1. The van der Waals surface area contributed by atoms with Crippen molar-refractivity contribution >= 4 is 35.2 Å². The molecule has 0 fully saturated rings. The molecule has 4 aromatic rings. The molecule has 238 valence electrons. The summed E-state index contributed by atoms with van der Waals surface area (Å²) in [5, 5.41) is 10.4. The number of urea groups is 1. The van der Waals surface area contributed by atoms with Crippen LogP contribution in [0.1, 0.15) is 36.4 Å². The van der Waals surface area contributed by atoms with Crippen LogP contribution in [0.3, 0.4) is 0 Å². The van der Waals surface area contributed by atoms with Gasteiger partial charge in [0.05, 0.1) is 0 Å². The van der Waals surface area contributed by atoms with Crippen LogP contribution < -0.4 is 20.3 Å². The Morgan fingerprint density at radius 1 is 0.783 bits per heavy atom. The van der Waals surface area contributed by atoms with Crippen molar-refractivity contribution in [2.45, 2.75) is 25.3 Å². The fraction of sp³-hybridized carbons (Fsp3) is 0.222. The zero-order valence-electron chi connectivity index (χ0n) is 25.9. The number of benzene rings is 4. The molecule has 3 N–H and O–H groups in total. The van der Waals surface area contributed by atoms with Crippen molar-refractivity contribution in [2.24, 2.45) is 5.73 Å². The molecule has 0 aliphatic rings. The summed E-state index contributed by atoms with van der Waals surface area (Å²) in [6.07, 6.45) is 0.455. The molecule has 4 aromatic carbocycles. The fourth-order valence-corrected chi connectivity index (χ4v) is 5.07. The second-order valence-corrected chi connectivity index (χ2v) is 10.9. The van der Waals surface area contributed by atoms with Gasteiger partial charge < -0.3 is 25.4 Å². The highest BCUT2D eigenvalue weighted by Crippen LogP contribution is 2.29. The van der Waals surface area contributed by atoms with Crippen LogP contribution in [0.5, 0.6) is 5.75 Å². The van der Waals surface area contributed by atoms with Gasteiger partial charge in [-0.05, 0) is 47.7 Å². The summed E-state index contributed by atoms with van der Waals surface area (Å²) in [7, 11) is 1.64. The van der Waals surface area contributed by atoms with E-state index >= 15 is 0 Å². The number of hydrogen-bond acceptors (Lipinski definition) is 5. The lowest BCUT2D eigenvalue weighted by Crippen LogP contribution is -2.50. The molecule has 0 radical (unpaired) electrons. The second-order valence-electron chi connectivity index (χ2n) is 10.9. The lowest BCUT2D eigenvalue weighted by molar-refractivity contribution is -0.142. The minimum absolute atomic E-state index is 0.00888. The minimum atomic E-state index is -1.34. The molecule has 4 rings (SSSR count). The Hall–Kier alpha value is -5.64. The van der Waals surface area contributed by atoms with E-state index in [9.17, 15) is 24.3 Å². The first kappa shape index (κ1) is 33.3. The Kier molecular flexibility index (Phi) is 11.5. The first-order valence-electron chi connectivity index (χ1n) is 14.9. The molecule has 10 nitrogen and oxygen atoms in total. The molecule has 4 amide bonds. The number of nitrogens with zero attached hydrogens (tertiary/aromatic N) is 3. The maximum Gasteiger partial charge on any atom is 0.331 e. The number of hydrogen-bond donors (Lipinski definition) is 2. The normalized spacial score (nSPS) is 12.0. The number of rotatable bonds is 14. The van der Waals surface area contributed by atoms with Crippen LogP contribution in [0.15, 0.2) is 115 Å². The molecule has 0 saturated carbocycles. The summed E-state index contributed by atoms with van der Waals surface area (Å²) < 4.78 is 5.78. The van der Waals surface area contributed by atoms with Crippen molar-refractivity contribution in [3.63, 3.8) is 0 Å². The van der Waals surface area contributed by atoms with Gasteiger partial charge in [-0.25, -0.2) is 9.59 Å². The summed E-state index contributed by atoms with van der Waals surface area (Å²) in [5.74, 6) is -2.02. The third-order valence-corrected chi connectivity index (χ3v) is 7.63. The van der Waals surface area contributed by atoms with E-state index in [0.717, 1.165) is 10.5 Å². The van der Waals surface area contributed by atoms with Gasteiger partial charge in [0.1, 0.15) is 12.3 Å². The molecule has 2 unspecified atom stereocenters. The second kappa shape index (κ2) is 15.9. The summed E-state index contributed by atoms with van der Waals surface area (Å²) in [4.78, 5) is 56.0. The predicted octanol–water partition coefficient (Wildman–Crippen LogP) is 5.46. The van der Waals surface area contributed by atoms with Crippen molar-refractivity contribution in [3.05, 3.63) is 126 Å². The summed E-state index contributed by atoms with van der Waals surface area (Å²) in [6, 6.07) is 31.6. The topological polar surface area (TPSA) is 133 Å². The minimum Gasteiger partial charge on any atom is -0.484 e. The average Bonchev–Trinajstić information content (AvgIpc) is 3.08. The first-order chi connectivity index (χ1) is 22.2.